The standard InChI is InChI=1S/C29H35ClO5/c1-19-6-13-25-28(2,15-5-16-29(25,3)27(32)33-4)23(19)12-9-20-14-17-34-24(20)18-35-26(31)21-7-10-22(30)11-8-21/h7-8,10-11,14,17,23,25H,1,5-6,9,12-13,15-16,18H2,2-4H3/t23-,25+,28+,29-/m0/s1. The zero-order chi connectivity index (χ0) is 25.2. The zero-order valence-corrected chi connectivity index (χ0v) is 21.7. The van der Waals surface area contributed by atoms with E-state index in [-0.39, 0.29) is 23.9 Å². The summed E-state index contributed by atoms with van der Waals surface area (Å²) in [5.41, 5.74) is 2.32. The zero-order valence-electron chi connectivity index (χ0n) is 20.9. The van der Waals surface area contributed by atoms with Crippen LogP contribution in [0.5, 0.6) is 0 Å². The third-order valence-electron chi connectivity index (χ3n) is 8.63. The van der Waals surface area contributed by atoms with Crippen LogP contribution in [0.3, 0.4) is 0 Å². The van der Waals surface area contributed by atoms with Crippen molar-refractivity contribution in [3.05, 3.63) is 70.7 Å². The Labute approximate surface area is 212 Å². The second-order valence-electron chi connectivity index (χ2n) is 10.6. The van der Waals surface area contributed by atoms with E-state index in [0.717, 1.165) is 50.5 Å². The van der Waals surface area contributed by atoms with Crippen molar-refractivity contribution in [2.75, 3.05) is 7.11 Å². The molecule has 0 amide bonds. The molecule has 6 heteroatoms. The van der Waals surface area contributed by atoms with E-state index in [1.807, 2.05) is 6.07 Å². The first-order valence-corrected chi connectivity index (χ1v) is 12.8. The van der Waals surface area contributed by atoms with Crippen LogP contribution < -0.4 is 0 Å². The molecule has 2 saturated carbocycles. The van der Waals surface area contributed by atoms with E-state index in [0.29, 0.717) is 22.3 Å². The van der Waals surface area contributed by atoms with Gasteiger partial charge in [-0.25, -0.2) is 4.79 Å². The topological polar surface area (TPSA) is 65.7 Å². The second kappa shape index (κ2) is 10.2. The fraction of sp³-hybridized carbons (Fsp3) is 0.517. The minimum absolute atomic E-state index is 0.00146. The van der Waals surface area contributed by atoms with E-state index in [2.05, 4.69) is 20.4 Å². The molecule has 1 heterocycles. The number of carbonyl (C=O) groups is 2. The van der Waals surface area contributed by atoms with E-state index in [1.165, 1.54) is 12.7 Å². The SMILES string of the molecule is C=C1CC[C@@H]2[C@](C)(CCC[C@]2(C)C(=O)OC)[C@H]1CCc1ccoc1COC(=O)c1ccc(Cl)cc1. The number of rotatable bonds is 7. The van der Waals surface area contributed by atoms with Crippen molar-refractivity contribution in [1.29, 1.82) is 0 Å². The Morgan fingerprint density at radius 1 is 1.17 bits per heavy atom. The lowest BCUT2D eigenvalue weighted by Crippen LogP contribution is -2.53. The number of esters is 2. The number of ether oxygens (including phenoxy) is 2. The fourth-order valence-corrected chi connectivity index (χ4v) is 6.90. The Morgan fingerprint density at radius 2 is 1.91 bits per heavy atom. The van der Waals surface area contributed by atoms with Crippen LogP contribution >= 0.6 is 11.6 Å². The Morgan fingerprint density at radius 3 is 2.63 bits per heavy atom. The summed E-state index contributed by atoms with van der Waals surface area (Å²) in [7, 11) is 1.50. The van der Waals surface area contributed by atoms with Gasteiger partial charge in [0.25, 0.3) is 0 Å². The summed E-state index contributed by atoms with van der Waals surface area (Å²) in [6.45, 7) is 8.96. The summed E-state index contributed by atoms with van der Waals surface area (Å²) >= 11 is 5.90. The van der Waals surface area contributed by atoms with Gasteiger partial charge < -0.3 is 13.9 Å². The predicted octanol–water partition coefficient (Wildman–Crippen LogP) is 7.17. The van der Waals surface area contributed by atoms with Crippen LogP contribution in [0.1, 0.15) is 74.1 Å². The highest BCUT2D eigenvalue weighted by molar-refractivity contribution is 6.30. The predicted molar refractivity (Wildman–Crippen MR) is 135 cm³/mol. The van der Waals surface area contributed by atoms with Gasteiger partial charge in [-0.05, 0) is 98.6 Å². The largest absolute Gasteiger partial charge is 0.469 e. The molecule has 0 N–H and O–H groups in total. The third kappa shape index (κ3) is 4.93. The number of hydrogen-bond acceptors (Lipinski definition) is 5. The second-order valence-corrected chi connectivity index (χ2v) is 11.0. The minimum Gasteiger partial charge on any atom is -0.469 e. The van der Waals surface area contributed by atoms with E-state index < -0.39 is 11.4 Å². The molecule has 1 aromatic carbocycles. The molecule has 35 heavy (non-hydrogen) atoms. The molecule has 2 aliphatic carbocycles. The number of benzene rings is 1. The van der Waals surface area contributed by atoms with Crippen molar-refractivity contribution in [1.82, 2.24) is 0 Å². The normalized spacial score (nSPS) is 28.3. The summed E-state index contributed by atoms with van der Waals surface area (Å²) in [6.07, 6.45) is 8.26. The van der Waals surface area contributed by atoms with Gasteiger partial charge in [-0.15, -0.1) is 0 Å². The lowest BCUT2D eigenvalue weighted by Gasteiger charge is -2.57. The minimum atomic E-state index is -0.447. The van der Waals surface area contributed by atoms with Gasteiger partial charge in [0, 0.05) is 5.02 Å². The maximum absolute atomic E-state index is 12.8. The Balaban J connectivity index is 1.44. The molecule has 0 aliphatic heterocycles. The van der Waals surface area contributed by atoms with Crippen molar-refractivity contribution >= 4 is 23.5 Å². The van der Waals surface area contributed by atoms with E-state index in [1.54, 1.807) is 30.5 Å². The van der Waals surface area contributed by atoms with Crippen LogP contribution in [-0.4, -0.2) is 19.0 Å². The first kappa shape index (κ1) is 25.6. The highest BCUT2D eigenvalue weighted by Crippen LogP contribution is 2.62. The maximum atomic E-state index is 12.8. The van der Waals surface area contributed by atoms with Gasteiger partial charge in [0.1, 0.15) is 12.4 Å². The van der Waals surface area contributed by atoms with Crippen molar-refractivity contribution in [3.63, 3.8) is 0 Å². The summed E-state index contributed by atoms with van der Waals surface area (Å²) in [4.78, 5) is 25.2. The lowest BCUT2D eigenvalue weighted by molar-refractivity contribution is -0.168. The molecule has 2 aromatic rings. The molecule has 1 aromatic heterocycles. The Bertz CT molecular complexity index is 1090. The molecule has 2 fully saturated rings. The number of methoxy groups -OCH3 is 1. The van der Waals surface area contributed by atoms with Crippen LogP contribution in [0.25, 0.3) is 0 Å². The Hall–Kier alpha value is -2.53. The quantitative estimate of drug-likeness (QED) is 0.299. The molecular weight excluding hydrogens is 464 g/mol. The first-order valence-electron chi connectivity index (χ1n) is 12.4. The van der Waals surface area contributed by atoms with Crippen molar-refractivity contribution < 1.29 is 23.5 Å². The number of aryl methyl sites for hydroxylation is 1. The fourth-order valence-electron chi connectivity index (χ4n) is 6.78. The van der Waals surface area contributed by atoms with Crippen molar-refractivity contribution in [2.24, 2.45) is 22.7 Å². The lowest BCUT2D eigenvalue weighted by atomic mass is 9.46. The molecule has 4 rings (SSSR count). The molecule has 5 nitrogen and oxygen atoms in total. The van der Waals surface area contributed by atoms with E-state index in [9.17, 15) is 9.59 Å². The monoisotopic (exact) mass is 498 g/mol. The smallest absolute Gasteiger partial charge is 0.338 e. The molecule has 0 saturated heterocycles. The van der Waals surface area contributed by atoms with Crippen LogP contribution in [-0.2, 0) is 27.3 Å². The van der Waals surface area contributed by atoms with Gasteiger partial charge in [0.2, 0.25) is 0 Å². The van der Waals surface area contributed by atoms with Crippen LogP contribution in [0.4, 0.5) is 0 Å². The maximum Gasteiger partial charge on any atom is 0.338 e. The Kier molecular flexibility index (Phi) is 7.46. The number of carbonyl (C=O) groups excluding carboxylic acids is 2. The van der Waals surface area contributed by atoms with Crippen molar-refractivity contribution in [2.45, 2.75) is 65.4 Å². The number of halogens is 1. The number of furan rings is 1. The summed E-state index contributed by atoms with van der Waals surface area (Å²) in [5.74, 6) is 0.753. The van der Waals surface area contributed by atoms with E-state index in [4.69, 9.17) is 25.5 Å². The molecule has 0 spiro atoms. The highest BCUT2D eigenvalue weighted by atomic mass is 35.5. The van der Waals surface area contributed by atoms with Crippen LogP contribution in [0.2, 0.25) is 5.02 Å². The average Bonchev–Trinajstić information content (AvgIpc) is 3.29. The highest BCUT2D eigenvalue weighted by Gasteiger charge is 2.57. The molecule has 0 bridgehead atoms. The van der Waals surface area contributed by atoms with Gasteiger partial charge in [-0.3, -0.25) is 4.79 Å². The summed E-state index contributed by atoms with van der Waals surface area (Å²) < 4.78 is 16.4. The average molecular weight is 499 g/mol. The summed E-state index contributed by atoms with van der Waals surface area (Å²) in [6, 6.07) is 8.57. The van der Waals surface area contributed by atoms with Gasteiger partial charge in [0.05, 0.1) is 24.4 Å². The van der Waals surface area contributed by atoms with Gasteiger partial charge >= 0.3 is 11.9 Å². The molecule has 188 valence electrons. The first-order chi connectivity index (χ1) is 16.7. The number of allylic oxidation sites excluding steroid dienone is 1. The molecule has 0 radical (unpaired) electrons. The molecule has 4 atom stereocenters. The molecular formula is C29H35ClO5. The molecule has 0 unspecified atom stereocenters. The van der Waals surface area contributed by atoms with Crippen molar-refractivity contribution in [3.8, 4) is 0 Å². The number of fused-ring (bicyclic) bond motifs is 1. The van der Waals surface area contributed by atoms with Crippen LogP contribution in [0, 0.1) is 22.7 Å². The summed E-state index contributed by atoms with van der Waals surface area (Å²) in [5, 5.41) is 0.569. The number of hydrogen-bond donors (Lipinski definition) is 0. The van der Waals surface area contributed by atoms with Gasteiger partial charge in [-0.1, -0.05) is 37.1 Å². The van der Waals surface area contributed by atoms with Gasteiger partial charge in [-0.2, -0.15) is 0 Å². The third-order valence-corrected chi connectivity index (χ3v) is 8.88. The molecule has 2 aliphatic rings. The van der Waals surface area contributed by atoms with Gasteiger partial charge in [0.15, 0.2) is 0 Å². The van der Waals surface area contributed by atoms with E-state index >= 15 is 0 Å². The van der Waals surface area contributed by atoms with Crippen LogP contribution in [0.15, 0.2) is 53.2 Å².